The Bertz CT molecular complexity index is 1440. The van der Waals surface area contributed by atoms with Crippen molar-refractivity contribution >= 4 is 13.7 Å². The Morgan fingerprint density at radius 3 is 1.33 bits per heavy atom. The zero-order valence-electron chi connectivity index (χ0n) is 45.3. The van der Waals surface area contributed by atoms with Crippen LogP contribution in [0.3, 0.4) is 0 Å². The summed E-state index contributed by atoms with van der Waals surface area (Å²) in [5.74, 6) is -0.191. The summed E-state index contributed by atoms with van der Waals surface area (Å²) in [6.07, 6.45) is 72.7. The highest BCUT2D eigenvalue weighted by molar-refractivity contribution is 7.47. The van der Waals surface area contributed by atoms with E-state index < -0.39 is 20.0 Å². The van der Waals surface area contributed by atoms with Crippen LogP contribution in [0, 0.1) is 0 Å². The first kappa shape index (κ1) is 66.4. The van der Waals surface area contributed by atoms with E-state index in [-0.39, 0.29) is 19.1 Å². The molecule has 0 rings (SSSR count). The molecule has 1 amide bonds. The molecular formula is C60H108N2O6P+. The molecule has 9 heteroatoms. The Labute approximate surface area is 426 Å². The van der Waals surface area contributed by atoms with E-state index >= 15 is 0 Å². The molecule has 0 aliphatic carbocycles. The van der Waals surface area contributed by atoms with Crippen molar-refractivity contribution in [3.63, 3.8) is 0 Å². The van der Waals surface area contributed by atoms with E-state index in [1.807, 2.05) is 27.2 Å². The first-order valence-electron chi connectivity index (χ1n) is 28.1. The largest absolute Gasteiger partial charge is 0.472 e. The maximum Gasteiger partial charge on any atom is 0.472 e. The van der Waals surface area contributed by atoms with Gasteiger partial charge in [0.15, 0.2) is 0 Å². The number of nitrogens with zero attached hydrogens (tertiary/aromatic N) is 1. The van der Waals surface area contributed by atoms with Crippen LogP contribution in [0.15, 0.2) is 97.2 Å². The van der Waals surface area contributed by atoms with Crippen LogP contribution in [0.25, 0.3) is 0 Å². The highest BCUT2D eigenvalue weighted by Crippen LogP contribution is 2.43. The van der Waals surface area contributed by atoms with Crippen LogP contribution in [0.2, 0.25) is 0 Å². The Hall–Kier alpha value is -2.58. The van der Waals surface area contributed by atoms with Crippen LogP contribution < -0.4 is 5.32 Å². The van der Waals surface area contributed by atoms with Crippen LogP contribution in [-0.2, 0) is 18.4 Å². The highest BCUT2D eigenvalue weighted by Gasteiger charge is 2.27. The Morgan fingerprint density at radius 2 is 0.884 bits per heavy atom. The number of phosphoric acid groups is 1. The van der Waals surface area contributed by atoms with Gasteiger partial charge in [-0.05, 0) is 77.0 Å². The molecule has 8 nitrogen and oxygen atoms in total. The fraction of sp³-hybridized carbons (Fsp3) is 0.717. The lowest BCUT2D eigenvalue weighted by molar-refractivity contribution is -0.870. The van der Waals surface area contributed by atoms with Crippen LogP contribution in [0.5, 0.6) is 0 Å². The first-order chi connectivity index (χ1) is 33.5. The van der Waals surface area contributed by atoms with E-state index in [1.165, 1.54) is 128 Å². The molecule has 0 aliphatic rings. The molecule has 3 unspecified atom stereocenters. The third-order valence-electron chi connectivity index (χ3n) is 12.0. The van der Waals surface area contributed by atoms with Gasteiger partial charge in [0, 0.05) is 6.42 Å². The second-order valence-corrected chi connectivity index (χ2v) is 21.4. The van der Waals surface area contributed by atoms with Crippen molar-refractivity contribution in [2.45, 2.75) is 238 Å². The van der Waals surface area contributed by atoms with Gasteiger partial charge in [-0.15, -0.1) is 0 Å². The molecule has 0 aromatic rings. The van der Waals surface area contributed by atoms with Crippen molar-refractivity contribution < 1.29 is 32.9 Å². The van der Waals surface area contributed by atoms with Crippen LogP contribution in [-0.4, -0.2) is 73.4 Å². The van der Waals surface area contributed by atoms with Crippen molar-refractivity contribution in [2.75, 3.05) is 40.9 Å². The first-order valence-corrected chi connectivity index (χ1v) is 29.6. The number of aliphatic hydroxyl groups is 1. The zero-order chi connectivity index (χ0) is 50.6. The van der Waals surface area contributed by atoms with E-state index in [0.29, 0.717) is 17.4 Å². The third-order valence-corrected chi connectivity index (χ3v) is 13.0. The van der Waals surface area contributed by atoms with Crippen LogP contribution in [0.4, 0.5) is 0 Å². The number of rotatable bonds is 50. The monoisotopic (exact) mass is 984 g/mol. The number of nitrogens with one attached hydrogen (secondary N) is 1. The van der Waals surface area contributed by atoms with Crippen molar-refractivity contribution in [3.8, 4) is 0 Å². The number of aliphatic hydroxyl groups excluding tert-OH is 1. The summed E-state index contributed by atoms with van der Waals surface area (Å²) in [5.41, 5.74) is 0. The van der Waals surface area contributed by atoms with E-state index in [4.69, 9.17) is 9.05 Å². The zero-order valence-corrected chi connectivity index (χ0v) is 46.2. The SMILES string of the molecule is CC/C=C\C/C=C\C/C=C\C/C=C\C/C=C\C/C=C\CCCCCCCCCCCCCCCCCCCCCCC(=O)NC(COP(=O)(O)OCC[N+](C)(C)C)C(O)/C=C/CC/C=C/CCCC. The lowest BCUT2D eigenvalue weighted by Gasteiger charge is -2.25. The summed E-state index contributed by atoms with van der Waals surface area (Å²) in [6.45, 7) is 4.59. The van der Waals surface area contributed by atoms with E-state index in [9.17, 15) is 19.4 Å². The van der Waals surface area contributed by atoms with Gasteiger partial charge in [0.1, 0.15) is 13.2 Å². The van der Waals surface area contributed by atoms with Gasteiger partial charge < -0.3 is 19.8 Å². The smallest absolute Gasteiger partial charge is 0.387 e. The van der Waals surface area contributed by atoms with E-state index in [1.54, 1.807) is 6.08 Å². The molecule has 3 atom stereocenters. The third kappa shape index (κ3) is 53.1. The lowest BCUT2D eigenvalue weighted by Crippen LogP contribution is -2.45. The Balaban J connectivity index is 3.86. The van der Waals surface area contributed by atoms with Crippen molar-refractivity contribution in [1.82, 2.24) is 5.32 Å². The van der Waals surface area contributed by atoms with Crippen LogP contribution in [0.1, 0.15) is 226 Å². The number of carbonyl (C=O) groups is 1. The minimum atomic E-state index is -4.34. The van der Waals surface area contributed by atoms with Gasteiger partial charge >= 0.3 is 7.82 Å². The summed E-state index contributed by atoms with van der Waals surface area (Å²) in [7, 11) is 1.55. The summed E-state index contributed by atoms with van der Waals surface area (Å²) >= 11 is 0. The number of unbranched alkanes of at least 4 members (excludes halogenated alkanes) is 23. The normalized spacial score (nSPS) is 14.7. The van der Waals surface area contributed by atoms with Gasteiger partial charge in [0.2, 0.25) is 5.91 Å². The predicted molar refractivity (Wildman–Crippen MR) is 299 cm³/mol. The average Bonchev–Trinajstić information content (AvgIpc) is 3.31. The molecule has 0 bridgehead atoms. The van der Waals surface area contributed by atoms with E-state index in [2.05, 4.69) is 104 Å². The average molecular weight is 985 g/mol. The number of carbonyl (C=O) groups excluding carboxylic acids is 1. The molecule has 0 aliphatic heterocycles. The van der Waals surface area contributed by atoms with Gasteiger partial charge in [0.05, 0.1) is 39.9 Å². The van der Waals surface area contributed by atoms with Gasteiger partial charge in [0.25, 0.3) is 0 Å². The van der Waals surface area contributed by atoms with E-state index in [0.717, 1.165) is 77.0 Å². The standard InChI is InChI=1S/C60H107N2O6P/c1-6-8-10-12-14-16-17-18-19-20-21-22-23-24-25-26-27-28-29-30-31-32-33-34-35-36-37-38-39-40-41-42-43-44-45-46-48-50-52-54-60(64)61-58(57-68-69(65,66)67-56-55-62(3,4)5)59(63)53-51-49-47-15-13-11-9-7-2/h8,10,13-16,18-19,21-22,24-25,27-28,51,53,58-59,63H,6-7,9,11-12,17,20,23,26,29-50,52,54-57H2,1-5H3,(H-,61,64,65,66)/p+1/b10-8-,15-13+,16-14-,19-18-,22-21-,25-24-,28-27-,53-51+. The second kappa shape index (κ2) is 50.4. The maximum absolute atomic E-state index is 12.9. The van der Waals surface area contributed by atoms with Gasteiger partial charge in [-0.3, -0.25) is 13.8 Å². The number of quaternary nitrogens is 1. The van der Waals surface area contributed by atoms with Gasteiger partial charge in [-0.1, -0.05) is 239 Å². The lowest BCUT2D eigenvalue weighted by atomic mass is 10.0. The fourth-order valence-electron chi connectivity index (χ4n) is 7.64. The molecule has 0 heterocycles. The quantitative estimate of drug-likeness (QED) is 0.0243. The number of allylic oxidation sites excluding steroid dienone is 15. The topological polar surface area (TPSA) is 105 Å². The Morgan fingerprint density at radius 1 is 0.507 bits per heavy atom. The molecule has 0 aromatic carbocycles. The maximum atomic E-state index is 12.9. The molecule has 0 fully saturated rings. The summed E-state index contributed by atoms with van der Waals surface area (Å²) in [6, 6.07) is -0.863. The minimum Gasteiger partial charge on any atom is -0.387 e. The number of phosphoric ester groups is 1. The molecule has 0 aromatic heterocycles. The minimum absolute atomic E-state index is 0.0537. The molecule has 0 saturated carbocycles. The summed E-state index contributed by atoms with van der Waals surface area (Å²) in [5, 5.41) is 13.7. The number of hydrogen-bond donors (Lipinski definition) is 3. The van der Waals surface area contributed by atoms with Crippen molar-refractivity contribution in [1.29, 1.82) is 0 Å². The van der Waals surface area contributed by atoms with Gasteiger partial charge in [-0.2, -0.15) is 0 Å². The number of hydrogen-bond acceptors (Lipinski definition) is 5. The predicted octanol–water partition coefficient (Wildman–Crippen LogP) is 17.0. The fourth-order valence-corrected chi connectivity index (χ4v) is 8.37. The van der Waals surface area contributed by atoms with Gasteiger partial charge in [-0.25, -0.2) is 4.57 Å². The van der Waals surface area contributed by atoms with Crippen LogP contribution >= 0.6 is 7.82 Å². The molecule has 0 spiro atoms. The molecule has 3 N–H and O–H groups in total. The highest BCUT2D eigenvalue weighted by atomic mass is 31.2. The molecular weight excluding hydrogens is 876 g/mol. The number of likely N-dealkylation sites (N-methyl/N-ethyl adjacent to an activating group) is 1. The van der Waals surface area contributed by atoms with Crippen molar-refractivity contribution in [3.05, 3.63) is 97.2 Å². The Kier molecular flexibility index (Phi) is 48.5. The number of amides is 1. The summed E-state index contributed by atoms with van der Waals surface area (Å²) < 4.78 is 23.5. The second-order valence-electron chi connectivity index (χ2n) is 19.9. The summed E-state index contributed by atoms with van der Waals surface area (Å²) in [4.78, 5) is 23.1. The van der Waals surface area contributed by atoms with Crippen molar-refractivity contribution in [2.24, 2.45) is 0 Å². The molecule has 69 heavy (non-hydrogen) atoms. The molecule has 398 valence electrons. The molecule has 0 saturated heterocycles. The molecule has 0 radical (unpaired) electrons.